The fraction of sp³-hybridized carbons (Fsp3) is 0.273. The van der Waals surface area contributed by atoms with E-state index in [-0.39, 0.29) is 12.5 Å². The Labute approximate surface area is 197 Å². The minimum atomic E-state index is -0.754. The Kier molecular flexibility index (Phi) is 4.83. The highest BCUT2D eigenvalue weighted by molar-refractivity contribution is 8.14. The van der Waals surface area contributed by atoms with Gasteiger partial charge in [-0.1, -0.05) is 11.8 Å². The molecule has 1 fully saturated rings. The number of pyridine rings is 2. The van der Waals surface area contributed by atoms with E-state index in [1.165, 1.54) is 18.7 Å². The van der Waals surface area contributed by atoms with E-state index in [2.05, 4.69) is 35.2 Å². The number of amidine groups is 1. The van der Waals surface area contributed by atoms with Gasteiger partial charge in [0.15, 0.2) is 17.6 Å². The number of rotatable bonds is 6. The molecule has 10 nitrogen and oxygen atoms in total. The molecule has 12 heteroatoms. The first-order valence-electron chi connectivity index (χ1n) is 10.6. The minimum absolute atomic E-state index is 0.138. The Bertz CT molecular complexity index is 1420. The third-order valence-electron chi connectivity index (χ3n) is 5.98. The van der Waals surface area contributed by atoms with Crippen molar-refractivity contribution in [3.05, 3.63) is 60.6 Å². The molecule has 1 aliphatic heterocycles. The molecule has 0 spiro atoms. The van der Waals surface area contributed by atoms with Crippen molar-refractivity contribution >= 4 is 39.5 Å². The Hall–Kier alpha value is -3.80. The number of hydrogen-bond donors (Lipinski definition) is 2. The Morgan fingerprint density at radius 3 is 3.03 bits per heavy atom. The molecule has 0 amide bonds. The summed E-state index contributed by atoms with van der Waals surface area (Å²) in [4.78, 5) is 25.9. The summed E-state index contributed by atoms with van der Waals surface area (Å²) in [7, 11) is 0. The zero-order valence-corrected chi connectivity index (χ0v) is 18.8. The first kappa shape index (κ1) is 20.8. The van der Waals surface area contributed by atoms with Crippen molar-refractivity contribution in [3.63, 3.8) is 0 Å². The number of nitrogens with one attached hydrogen (secondary N) is 1. The topological polar surface area (TPSA) is 137 Å². The number of aliphatic imine (C=N–C) groups is 1. The van der Waals surface area contributed by atoms with Crippen LogP contribution in [0.15, 0.2) is 52.6 Å². The van der Waals surface area contributed by atoms with E-state index >= 15 is 0 Å². The van der Waals surface area contributed by atoms with Gasteiger partial charge in [-0.15, -0.1) is 0 Å². The lowest BCUT2D eigenvalue weighted by Crippen LogP contribution is -2.32. The number of oxazole rings is 1. The zero-order chi connectivity index (χ0) is 23.3. The van der Waals surface area contributed by atoms with Crippen LogP contribution in [-0.4, -0.2) is 35.3 Å². The second-order valence-corrected chi connectivity index (χ2v) is 9.49. The third kappa shape index (κ3) is 3.69. The summed E-state index contributed by atoms with van der Waals surface area (Å²) in [6, 6.07) is 3.44. The first-order valence-corrected chi connectivity index (χ1v) is 11.5. The van der Waals surface area contributed by atoms with Gasteiger partial charge >= 0.3 is 0 Å². The molecule has 4 aromatic rings. The molecule has 1 saturated carbocycles. The van der Waals surface area contributed by atoms with Crippen LogP contribution in [0.25, 0.3) is 11.0 Å². The molecule has 0 radical (unpaired) electrons. The van der Waals surface area contributed by atoms with E-state index in [1.54, 1.807) is 36.3 Å². The number of anilines is 2. The normalized spacial score (nSPS) is 23.3. The smallest absolute Gasteiger partial charge is 0.233 e. The van der Waals surface area contributed by atoms with Gasteiger partial charge in [-0.25, -0.2) is 24.9 Å². The number of fused-ring (bicyclic) bond motifs is 2. The second-order valence-electron chi connectivity index (χ2n) is 8.23. The third-order valence-corrected chi connectivity index (χ3v) is 7.14. The monoisotopic (exact) mass is 478 g/mol. The van der Waals surface area contributed by atoms with E-state index in [4.69, 9.17) is 14.9 Å². The number of nitrogens with zero attached hydrogens (tertiary/aromatic N) is 6. The van der Waals surface area contributed by atoms with Gasteiger partial charge in [-0.2, -0.15) is 4.39 Å². The number of thioether (sulfide) groups is 1. The minimum Gasteiger partial charge on any atom is -0.467 e. The molecule has 2 aliphatic rings. The Morgan fingerprint density at radius 1 is 1.26 bits per heavy atom. The number of hydrogen-bond acceptors (Lipinski definition) is 11. The lowest BCUT2D eigenvalue weighted by molar-refractivity contribution is 0.253. The quantitative estimate of drug-likeness (QED) is 0.396. The van der Waals surface area contributed by atoms with Crippen molar-refractivity contribution in [1.82, 2.24) is 24.9 Å². The lowest BCUT2D eigenvalue weighted by Gasteiger charge is -2.30. The highest BCUT2D eigenvalue weighted by atomic mass is 32.2. The van der Waals surface area contributed by atoms with Crippen LogP contribution < -0.4 is 15.8 Å². The summed E-state index contributed by atoms with van der Waals surface area (Å²) in [5.74, 6) is 0.896. The number of nitrogens with two attached hydrogens (primary N) is 1. The maximum absolute atomic E-state index is 14.8. The highest BCUT2D eigenvalue weighted by Crippen LogP contribution is 2.57. The van der Waals surface area contributed by atoms with Crippen molar-refractivity contribution in [2.45, 2.75) is 30.7 Å². The molecule has 4 aromatic heterocycles. The molecule has 3 atom stereocenters. The van der Waals surface area contributed by atoms with Crippen molar-refractivity contribution in [3.8, 4) is 5.88 Å². The summed E-state index contributed by atoms with van der Waals surface area (Å²) in [5, 5.41) is 4.04. The van der Waals surface area contributed by atoms with E-state index < -0.39 is 11.5 Å². The summed E-state index contributed by atoms with van der Waals surface area (Å²) in [6.45, 7) is 2.05. The standard InChI is InChI=1S/C22H19FN8O2S/c1-22(12-7-15(12)34-21(24)31-22)13-6-11(8-28-19(13)23)29-20-18-14(2-3-26-20)30-16(9-27-18)33-10-17-25-4-5-32-17/h2-6,8-9,12,15H,7,10H2,1H3,(H2,24,31)(H,26,29)/t12-,15+,22-/m1/s1. The summed E-state index contributed by atoms with van der Waals surface area (Å²) < 4.78 is 25.6. The maximum Gasteiger partial charge on any atom is 0.233 e. The van der Waals surface area contributed by atoms with Crippen molar-refractivity contribution in [2.75, 3.05) is 5.32 Å². The molecule has 172 valence electrons. The zero-order valence-electron chi connectivity index (χ0n) is 18.0. The number of ether oxygens (including phenoxy) is 1. The Balaban J connectivity index is 1.28. The average Bonchev–Trinajstić information content (AvgIpc) is 3.42. The van der Waals surface area contributed by atoms with E-state index in [1.807, 2.05) is 6.92 Å². The van der Waals surface area contributed by atoms with E-state index in [0.29, 0.717) is 50.3 Å². The van der Waals surface area contributed by atoms with Crippen LogP contribution in [0.5, 0.6) is 5.88 Å². The molecule has 34 heavy (non-hydrogen) atoms. The highest BCUT2D eigenvalue weighted by Gasteiger charge is 2.56. The molecule has 1 aliphatic carbocycles. The van der Waals surface area contributed by atoms with Crippen LogP contribution in [0.4, 0.5) is 15.9 Å². The van der Waals surface area contributed by atoms with Crippen LogP contribution >= 0.6 is 11.8 Å². The van der Waals surface area contributed by atoms with Crippen molar-refractivity contribution in [1.29, 1.82) is 0 Å². The predicted octanol–water partition coefficient (Wildman–Crippen LogP) is 3.53. The molecule has 5 heterocycles. The molecule has 0 saturated heterocycles. The van der Waals surface area contributed by atoms with Gasteiger partial charge in [-0.3, -0.25) is 4.99 Å². The fourth-order valence-corrected chi connectivity index (χ4v) is 5.49. The molecule has 0 aromatic carbocycles. The van der Waals surface area contributed by atoms with Crippen LogP contribution in [0, 0.1) is 11.9 Å². The number of halogens is 1. The molecule has 0 bridgehead atoms. The van der Waals surface area contributed by atoms with Crippen LogP contribution in [0.2, 0.25) is 0 Å². The van der Waals surface area contributed by atoms with Gasteiger partial charge in [0.25, 0.3) is 0 Å². The van der Waals surface area contributed by atoms with E-state index in [0.717, 1.165) is 6.42 Å². The predicted molar refractivity (Wildman–Crippen MR) is 124 cm³/mol. The van der Waals surface area contributed by atoms with Gasteiger partial charge in [0, 0.05) is 22.9 Å². The van der Waals surface area contributed by atoms with Crippen LogP contribution in [-0.2, 0) is 12.1 Å². The van der Waals surface area contributed by atoms with E-state index in [9.17, 15) is 4.39 Å². The second kappa shape index (κ2) is 7.90. The SMILES string of the molecule is C[C@@]1(c2cc(Nc3nccc4nc(OCc5ncco5)cnc34)cnc2F)N=C(N)S[C@H]2C[C@H]21. The fourth-order valence-electron chi connectivity index (χ4n) is 4.20. The summed E-state index contributed by atoms with van der Waals surface area (Å²) in [6.07, 6.45) is 8.48. The molecule has 3 N–H and O–H groups in total. The molecule has 0 unspecified atom stereocenters. The largest absolute Gasteiger partial charge is 0.467 e. The summed E-state index contributed by atoms with van der Waals surface area (Å²) in [5.41, 5.74) is 7.33. The molecular weight excluding hydrogens is 459 g/mol. The average molecular weight is 479 g/mol. The first-order chi connectivity index (χ1) is 16.5. The van der Waals surface area contributed by atoms with Gasteiger partial charge in [-0.05, 0) is 25.5 Å². The Morgan fingerprint density at radius 2 is 2.18 bits per heavy atom. The van der Waals surface area contributed by atoms with Gasteiger partial charge in [0.05, 0.1) is 35.3 Å². The van der Waals surface area contributed by atoms with Crippen molar-refractivity contribution in [2.24, 2.45) is 16.6 Å². The van der Waals surface area contributed by atoms with Gasteiger partial charge < -0.3 is 20.2 Å². The summed E-state index contributed by atoms with van der Waals surface area (Å²) >= 11 is 1.56. The lowest BCUT2D eigenvalue weighted by atomic mass is 9.88. The number of aromatic nitrogens is 5. The van der Waals surface area contributed by atoms with Gasteiger partial charge in [0.2, 0.25) is 17.7 Å². The molecule has 6 rings (SSSR count). The van der Waals surface area contributed by atoms with Crippen LogP contribution in [0.3, 0.4) is 0 Å². The maximum atomic E-state index is 14.8. The van der Waals surface area contributed by atoms with Crippen LogP contribution in [0.1, 0.15) is 24.8 Å². The van der Waals surface area contributed by atoms with Gasteiger partial charge in [0.1, 0.15) is 11.8 Å². The van der Waals surface area contributed by atoms with Crippen molar-refractivity contribution < 1.29 is 13.5 Å². The molecular formula is C22H19FN8O2S.